The topological polar surface area (TPSA) is 78.6 Å². The van der Waals surface area contributed by atoms with Crippen LogP contribution in [-0.2, 0) is 0 Å². The van der Waals surface area contributed by atoms with Gasteiger partial charge in [-0.25, -0.2) is 9.78 Å². The summed E-state index contributed by atoms with van der Waals surface area (Å²) in [5, 5.41) is 20.2. The van der Waals surface area contributed by atoms with E-state index in [-0.39, 0.29) is 17.4 Å². The molecule has 1 aromatic carbocycles. The Bertz CT molecular complexity index is 824. The summed E-state index contributed by atoms with van der Waals surface area (Å²) in [5.41, 5.74) is 3.27. The zero-order valence-electron chi connectivity index (χ0n) is 13.2. The van der Waals surface area contributed by atoms with E-state index in [0.29, 0.717) is 13.1 Å². The molecule has 0 bridgehead atoms. The van der Waals surface area contributed by atoms with Crippen LogP contribution in [0.2, 0.25) is 0 Å². The number of likely N-dealkylation sites (tertiary alicyclic amines) is 1. The Kier molecular flexibility index (Phi) is 2.69. The summed E-state index contributed by atoms with van der Waals surface area (Å²) >= 11 is 0. The third-order valence-corrected chi connectivity index (χ3v) is 6.22. The Hall–Kier alpha value is -2.34. The van der Waals surface area contributed by atoms with Crippen molar-refractivity contribution in [2.24, 2.45) is 11.3 Å². The first-order chi connectivity index (χ1) is 11.6. The quantitative estimate of drug-likeness (QED) is 0.842. The Morgan fingerprint density at radius 1 is 1.29 bits per heavy atom. The van der Waals surface area contributed by atoms with Crippen molar-refractivity contribution in [3.05, 3.63) is 42.4 Å². The van der Waals surface area contributed by atoms with Gasteiger partial charge in [-0.05, 0) is 18.4 Å². The molecule has 3 heterocycles. The number of aliphatic hydroxyl groups excluding tert-OH is 1. The van der Waals surface area contributed by atoms with Gasteiger partial charge < -0.3 is 19.7 Å². The molecule has 124 valence electrons. The maximum Gasteiger partial charge on any atom is 0.407 e. The second-order valence-electron chi connectivity index (χ2n) is 7.37. The van der Waals surface area contributed by atoms with Gasteiger partial charge in [0.15, 0.2) is 0 Å². The standard InChI is InChI=1S/C18H19N3O3/c22-16-13(5-6-18(16)8-20(9-18)17(23)24)15-12-4-2-1-3-11(12)14-7-19-10-21(14)15/h1-4,7,10,13,15-16,22H,5-6,8-9H2,(H,23,24)/t13-,15-,16-/m0/s1. The molecule has 1 spiro atoms. The number of aromatic nitrogens is 2. The van der Waals surface area contributed by atoms with Crippen molar-refractivity contribution in [1.82, 2.24) is 14.5 Å². The van der Waals surface area contributed by atoms with Crippen LogP contribution in [-0.4, -0.2) is 50.0 Å². The minimum absolute atomic E-state index is 0.0898. The van der Waals surface area contributed by atoms with Crippen LogP contribution in [0.3, 0.4) is 0 Å². The zero-order chi connectivity index (χ0) is 16.5. The van der Waals surface area contributed by atoms with E-state index < -0.39 is 12.2 Å². The molecule has 2 aliphatic heterocycles. The summed E-state index contributed by atoms with van der Waals surface area (Å²) in [5.74, 6) is 0.0949. The number of aliphatic hydroxyl groups is 1. The fraction of sp³-hybridized carbons (Fsp3) is 0.444. The van der Waals surface area contributed by atoms with E-state index in [4.69, 9.17) is 5.11 Å². The van der Waals surface area contributed by atoms with Gasteiger partial charge in [-0.15, -0.1) is 0 Å². The molecule has 0 radical (unpaired) electrons. The van der Waals surface area contributed by atoms with Gasteiger partial charge in [0.1, 0.15) is 0 Å². The molecule has 1 aliphatic carbocycles. The number of hydrogen-bond acceptors (Lipinski definition) is 3. The molecular formula is C18H19N3O3. The first-order valence-corrected chi connectivity index (χ1v) is 8.38. The van der Waals surface area contributed by atoms with Crippen LogP contribution < -0.4 is 0 Å². The highest BCUT2D eigenvalue weighted by Gasteiger charge is 2.58. The highest BCUT2D eigenvalue weighted by molar-refractivity contribution is 5.69. The third-order valence-electron chi connectivity index (χ3n) is 6.22. The number of imidazole rings is 1. The lowest BCUT2D eigenvalue weighted by Crippen LogP contribution is -2.62. The molecule has 3 atom stereocenters. The number of fused-ring (bicyclic) bond motifs is 3. The van der Waals surface area contributed by atoms with Crippen molar-refractivity contribution >= 4 is 6.09 Å². The monoisotopic (exact) mass is 325 g/mol. The van der Waals surface area contributed by atoms with Gasteiger partial charge in [-0.3, -0.25) is 0 Å². The Balaban J connectivity index is 1.49. The maximum atomic E-state index is 11.1. The number of carbonyl (C=O) groups is 1. The summed E-state index contributed by atoms with van der Waals surface area (Å²) in [6, 6.07) is 8.40. The lowest BCUT2D eigenvalue weighted by molar-refractivity contribution is -0.0765. The predicted octanol–water partition coefficient (Wildman–Crippen LogP) is 2.20. The van der Waals surface area contributed by atoms with Crippen LogP contribution in [0.25, 0.3) is 11.3 Å². The van der Waals surface area contributed by atoms with Crippen molar-refractivity contribution < 1.29 is 15.0 Å². The molecule has 2 N–H and O–H groups in total. The van der Waals surface area contributed by atoms with Crippen molar-refractivity contribution in [1.29, 1.82) is 0 Å². The summed E-state index contributed by atoms with van der Waals surface area (Å²) < 4.78 is 2.17. The molecule has 1 aromatic heterocycles. The van der Waals surface area contributed by atoms with Gasteiger partial charge in [0.05, 0.1) is 30.4 Å². The van der Waals surface area contributed by atoms with Gasteiger partial charge >= 0.3 is 6.09 Å². The second-order valence-corrected chi connectivity index (χ2v) is 7.37. The molecule has 1 saturated carbocycles. The average molecular weight is 325 g/mol. The first-order valence-electron chi connectivity index (χ1n) is 8.38. The van der Waals surface area contributed by atoms with E-state index in [2.05, 4.69) is 21.7 Å². The second kappa shape index (κ2) is 4.60. The molecule has 1 saturated heterocycles. The maximum absolute atomic E-state index is 11.1. The van der Waals surface area contributed by atoms with Crippen LogP contribution in [0.5, 0.6) is 0 Å². The van der Waals surface area contributed by atoms with Gasteiger partial charge in [0.2, 0.25) is 0 Å². The van der Waals surface area contributed by atoms with E-state index in [0.717, 1.165) is 18.5 Å². The molecule has 5 rings (SSSR count). The lowest BCUT2D eigenvalue weighted by atomic mass is 9.74. The minimum atomic E-state index is -0.889. The largest absolute Gasteiger partial charge is 0.465 e. The normalized spacial score (nSPS) is 29.4. The van der Waals surface area contributed by atoms with Crippen molar-refractivity contribution in [2.45, 2.75) is 25.0 Å². The molecule has 6 heteroatoms. The molecule has 1 amide bonds. The number of rotatable bonds is 1. The zero-order valence-corrected chi connectivity index (χ0v) is 13.2. The highest BCUT2D eigenvalue weighted by Crippen LogP contribution is 2.55. The van der Waals surface area contributed by atoms with Crippen LogP contribution in [0.1, 0.15) is 24.4 Å². The van der Waals surface area contributed by atoms with Gasteiger partial charge in [0, 0.05) is 30.0 Å². The lowest BCUT2D eigenvalue weighted by Gasteiger charge is -2.49. The van der Waals surface area contributed by atoms with E-state index >= 15 is 0 Å². The minimum Gasteiger partial charge on any atom is -0.465 e. The van der Waals surface area contributed by atoms with Crippen molar-refractivity contribution in [2.75, 3.05) is 13.1 Å². The molecule has 2 aromatic rings. The molecule has 0 unspecified atom stereocenters. The molecular weight excluding hydrogens is 306 g/mol. The van der Waals surface area contributed by atoms with E-state index in [1.807, 2.05) is 24.7 Å². The van der Waals surface area contributed by atoms with Gasteiger partial charge in [-0.1, -0.05) is 24.3 Å². The SMILES string of the molecule is O=C(O)N1CC2(CC[C@@H]([C@@H]3c4ccccc4-c4cncn43)[C@@H]2O)C1. The predicted molar refractivity (Wildman–Crippen MR) is 86.6 cm³/mol. The molecule has 3 aliphatic rings. The Labute approximate surface area is 139 Å². The van der Waals surface area contributed by atoms with Crippen molar-refractivity contribution in [3.8, 4) is 11.3 Å². The van der Waals surface area contributed by atoms with Crippen LogP contribution in [0.15, 0.2) is 36.8 Å². The van der Waals surface area contributed by atoms with Crippen molar-refractivity contribution in [3.63, 3.8) is 0 Å². The van der Waals surface area contributed by atoms with Gasteiger partial charge in [-0.2, -0.15) is 0 Å². The number of carboxylic acid groups (broad SMARTS) is 1. The first kappa shape index (κ1) is 14.0. The molecule has 6 nitrogen and oxygen atoms in total. The van der Waals surface area contributed by atoms with Crippen LogP contribution in [0, 0.1) is 11.3 Å². The Morgan fingerprint density at radius 2 is 2.08 bits per heavy atom. The van der Waals surface area contributed by atoms with Crippen LogP contribution in [0.4, 0.5) is 4.79 Å². The summed E-state index contributed by atoms with van der Waals surface area (Å²) in [6.07, 6.45) is 4.14. The number of nitrogens with zero attached hydrogens (tertiary/aromatic N) is 3. The summed E-state index contributed by atoms with van der Waals surface area (Å²) in [4.78, 5) is 16.8. The Morgan fingerprint density at radius 3 is 2.88 bits per heavy atom. The number of amides is 1. The van der Waals surface area contributed by atoms with E-state index in [1.165, 1.54) is 16.0 Å². The third kappa shape index (κ3) is 1.64. The average Bonchev–Trinajstić information content (AvgIpc) is 3.18. The highest BCUT2D eigenvalue weighted by atomic mass is 16.4. The summed E-state index contributed by atoms with van der Waals surface area (Å²) in [6.45, 7) is 0.899. The number of hydrogen-bond donors (Lipinski definition) is 2. The fourth-order valence-corrected chi connectivity index (χ4v) is 5.05. The smallest absolute Gasteiger partial charge is 0.407 e. The van der Waals surface area contributed by atoms with E-state index in [1.54, 1.807) is 0 Å². The van der Waals surface area contributed by atoms with Crippen LogP contribution >= 0.6 is 0 Å². The molecule has 24 heavy (non-hydrogen) atoms. The summed E-state index contributed by atoms with van der Waals surface area (Å²) in [7, 11) is 0. The van der Waals surface area contributed by atoms with E-state index in [9.17, 15) is 9.90 Å². The number of benzene rings is 1. The fourth-order valence-electron chi connectivity index (χ4n) is 5.05. The van der Waals surface area contributed by atoms with Gasteiger partial charge in [0.25, 0.3) is 0 Å². The molecule has 2 fully saturated rings.